The smallest absolute Gasteiger partial charge is 0.00978 e. The summed E-state index contributed by atoms with van der Waals surface area (Å²) in [6, 6.07) is 0.814. The lowest BCUT2D eigenvalue weighted by molar-refractivity contribution is 0.399. The molecule has 1 fully saturated rings. The molecule has 1 N–H and O–H groups in total. The molecule has 1 aliphatic rings. The maximum absolute atomic E-state index is 3.65. The molecule has 84 valence electrons. The average molecular weight is 197 g/mol. The Bertz CT molecular complexity index is 153. The first-order valence-corrected chi connectivity index (χ1v) is 6.38. The van der Waals surface area contributed by atoms with Crippen molar-refractivity contribution in [3.05, 3.63) is 0 Å². The van der Waals surface area contributed by atoms with Crippen LogP contribution in [-0.2, 0) is 0 Å². The second-order valence-corrected chi connectivity index (χ2v) is 5.37. The summed E-state index contributed by atoms with van der Waals surface area (Å²) in [6.45, 7) is 10.4. The third-order valence-electron chi connectivity index (χ3n) is 3.45. The van der Waals surface area contributed by atoms with Crippen molar-refractivity contribution < 1.29 is 0 Å². The zero-order chi connectivity index (χ0) is 10.6. The lowest BCUT2D eigenvalue weighted by Gasteiger charge is -2.18. The van der Waals surface area contributed by atoms with E-state index in [-0.39, 0.29) is 0 Å². The van der Waals surface area contributed by atoms with Gasteiger partial charge in [-0.3, -0.25) is 0 Å². The van der Waals surface area contributed by atoms with Crippen LogP contribution in [0.15, 0.2) is 0 Å². The van der Waals surface area contributed by atoms with Gasteiger partial charge in [-0.25, -0.2) is 0 Å². The molecule has 1 nitrogen and oxygen atoms in total. The SMILES string of the molecule is CCNC(CCCC(C)C)C1CC1C. The first kappa shape index (κ1) is 12.0. The monoisotopic (exact) mass is 197 g/mol. The van der Waals surface area contributed by atoms with Gasteiger partial charge in [0.15, 0.2) is 0 Å². The molecule has 0 aromatic carbocycles. The predicted octanol–water partition coefficient (Wildman–Crippen LogP) is 3.45. The van der Waals surface area contributed by atoms with Crippen LogP contribution in [0.2, 0.25) is 0 Å². The molecule has 0 saturated heterocycles. The maximum Gasteiger partial charge on any atom is 0.00978 e. The van der Waals surface area contributed by atoms with Crippen LogP contribution in [0.25, 0.3) is 0 Å². The second-order valence-electron chi connectivity index (χ2n) is 5.37. The molecular weight excluding hydrogens is 170 g/mol. The molecule has 1 saturated carbocycles. The normalized spacial score (nSPS) is 28.1. The van der Waals surface area contributed by atoms with Crippen molar-refractivity contribution in [1.29, 1.82) is 0 Å². The molecule has 1 aliphatic carbocycles. The highest BCUT2D eigenvalue weighted by molar-refractivity contribution is 4.92. The van der Waals surface area contributed by atoms with Gasteiger partial charge in [-0.1, -0.05) is 40.5 Å². The number of rotatable bonds is 7. The van der Waals surface area contributed by atoms with Gasteiger partial charge in [0, 0.05) is 6.04 Å². The Kier molecular flexibility index (Phi) is 4.94. The van der Waals surface area contributed by atoms with Gasteiger partial charge in [-0.05, 0) is 37.1 Å². The Hall–Kier alpha value is -0.0400. The highest BCUT2D eigenvalue weighted by atomic mass is 14.9. The summed E-state index contributed by atoms with van der Waals surface area (Å²) in [7, 11) is 0. The maximum atomic E-state index is 3.65. The highest BCUT2D eigenvalue weighted by Gasteiger charge is 2.38. The lowest BCUT2D eigenvalue weighted by Crippen LogP contribution is -2.31. The van der Waals surface area contributed by atoms with Crippen molar-refractivity contribution in [3.8, 4) is 0 Å². The van der Waals surface area contributed by atoms with E-state index in [1.807, 2.05) is 0 Å². The Labute approximate surface area is 89.7 Å². The van der Waals surface area contributed by atoms with Crippen molar-refractivity contribution in [2.75, 3.05) is 6.54 Å². The van der Waals surface area contributed by atoms with E-state index in [0.717, 1.165) is 30.3 Å². The van der Waals surface area contributed by atoms with Crippen LogP contribution in [0.4, 0.5) is 0 Å². The van der Waals surface area contributed by atoms with Crippen molar-refractivity contribution in [1.82, 2.24) is 5.32 Å². The Morgan fingerprint density at radius 2 is 1.93 bits per heavy atom. The summed E-state index contributed by atoms with van der Waals surface area (Å²) in [5, 5.41) is 3.65. The summed E-state index contributed by atoms with van der Waals surface area (Å²) >= 11 is 0. The average Bonchev–Trinajstić information content (AvgIpc) is 2.81. The van der Waals surface area contributed by atoms with Gasteiger partial charge in [-0.15, -0.1) is 0 Å². The van der Waals surface area contributed by atoms with E-state index in [4.69, 9.17) is 0 Å². The van der Waals surface area contributed by atoms with Crippen LogP contribution < -0.4 is 5.32 Å². The van der Waals surface area contributed by atoms with Gasteiger partial charge in [0.2, 0.25) is 0 Å². The molecular formula is C13H27N. The molecule has 0 bridgehead atoms. The minimum absolute atomic E-state index is 0.814. The highest BCUT2D eigenvalue weighted by Crippen LogP contribution is 2.42. The van der Waals surface area contributed by atoms with E-state index in [0.29, 0.717) is 0 Å². The van der Waals surface area contributed by atoms with Gasteiger partial charge in [0.25, 0.3) is 0 Å². The molecule has 0 aromatic heterocycles. The lowest BCUT2D eigenvalue weighted by atomic mass is 10.00. The van der Waals surface area contributed by atoms with Gasteiger partial charge in [-0.2, -0.15) is 0 Å². The third-order valence-corrected chi connectivity index (χ3v) is 3.45. The molecule has 0 spiro atoms. The van der Waals surface area contributed by atoms with Gasteiger partial charge in [0.1, 0.15) is 0 Å². The van der Waals surface area contributed by atoms with Crippen molar-refractivity contribution in [3.63, 3.8) is 0 Å². The zero-order valence-corrected chi connectivity index (χ0v) is 10.3. The van der Waals surface area contributed by atoms with Crippen LogP contribution in [0, 0.1) is 17.8 Å². The molecule has 0 amide bonds. The first-order chi connectivity index (χ1) is 6.65. The Morgan fingerprint density at radius 3 is 2.36 bits per heavy atom. The van der Waals surface area contributed by atoms with Crippen LogP contribution in [0.3, 0.4) is 0 Å². The third kappa shape index (κ3) is 4.00. The van der Waals surface area contributed by atoms with Gasteiger partial charge < -0.3 is 5.32 Å². The van der Waals surface area contributed by atoms with Crippen molar-refractivity contribution in [2.45, 2.75) is 59.4 Å². The molecule has 0 heterocycles. The van der Waals surface area contributed by atoms with Gasteiger partial charge in [0.05, 0.1) is 0 Å². The Balaban J connectivity index is 2.15. The molecule has 0 aromatic rings. The molecule has 1 rings (SSSR count). The fraction of sp³-hybridized carbons (Fsp3) is 1.00. The molecule has 14 heavy (non-hydrogen) atoms. The standard InChI is InChI=1S/C13H27N/c1-5-14-13(12-9-11(12)4)8-6-7-10(2)3/h10-14H,5-9H2,1-4H3. The van der Waals surface area contributed by atoms with Crippen molar-refractivity contribution >= 4 is 0 Å². The molecule has 0 radical (unpaired) electrons. The van der Waals surface area contributed by atoms with E-state index in [9.17, 15) is 0 Å². The summed E-state index contributed by atoms with van der Waals surface area (Å²) < 4.78 is 0. The van der Waals surface area contributed by atoms with E-state index in [1.54, 1.807) is 0 Å². The fourth-order valence-electron chi connectivity index (χ4n) is 2.39. The minimum Gasteiger partial charge on any atom is -0.314 e. The van der Waals surface area contributed by atoms with Crippen LogP contribution in [0.1, 0.15) is 53.4 Å². The van der Waals surface area contributed by atoms with Crippen LogP contribution >= 0.6 is 0 Å². The van der Waals surface area contributed by atoms with Crippen molar-refractivity contribution in [2.24, 2.45) is 17.8 Å². The summed E-state index contributed by atoms with van der Waals surface area (Å²) in [4.78, 5) is 0. The quantitative estimate of drug-likeness (QED) is 0.659. The van der Waals surface area contributed by atoms with Crippen LogP contribution in [0.5, 0.6) is 0 Å². The van der Waals surface area contributed by atoms with E-state index >= 15 is 0 Å². The molecule has 0 aliphatic heterocycles. The number of nitrogens with one attached hydrogen (secondary N) is 1. The van der Waals surface area contributed by atoms with Crippen LogP contribution in [-0.4, -0.2) is 12.6 Å². The number of hydrogen-bond donors (Lipinski definition) is 1. The predicted molar refractivity (Wildman–Crippen MR) is 63.4 cm³/mol. The zero-order valence-electron chi connectivity index (χ0n) is 10.3. The topological polar surface area (TPSA) is 12.0 Å². The molecule has 1 heteroatoms. The first-order valence-electron chi connectivity index (χ1n) is 6.38. The number of hydrogen-bond acceptors (Lipinski definition) is 1. The van der Waals surface area contributed by atoms with E-state index in [1.165, 1.54) is 25.7 Å². The van der Waals surface area contributed by atoms with E-state index in [2.05, 4.69) is 33.0 Å². The Morgan fingerprint density at radius 1 is 1.29 bits per heavy atom. The summed E-state index contributed by atoms with van der Waals surface area (Å²) in [5.41, 5.74) is 0. The summed E-state index contributed by atoms with van der Waals surface area (Å²) in [6.07, 6.45) is 5.64. The largest absolute Gasteiger partial charge is 0.314 e. The molecule has 3 atom stereocenters. The minimum atomic E-state index is 0.814. The van der Waals surface area contributed by atoms with E-state index < -0.39 is 0 Å². The summed E-state index contributed by atoms with van der Waals surface area (Å²) in [5.74, 6) is 2.84. The molecule has 3 unspecified atom stereocenters. The fourth-order valence-corrected chi connectivity index (χ4v) is 2.39. The van der Waals surface area contributed by atoms with Gasteiger partial charge >= 0.3 is 0 Å². The second kappa shape index (κ2) is 5.75.